The van der Waals surface area contributed by atoms with E-state index in [2.05, 4.69) is 5.32 Å². The lowest BCUT2D eigenvalue weighted by Gasteiger charge is -2.15. The molecule has 0 saturated heterocycles. The Bertz CT molecular complexity index is 471. The van der Waals surface area contributed by atoms with Crippen LogP contribution in [0.4, 0.5) is 8.78 Å². The van der Waals surface area contributed by atoms with Crippen molar-refractivity contribution in [2.75, 3.05) is 12.3 Å². The summed E-state index contributed by atoms with van der Waals surface area (Å²) in [4.78, 5) is 0. The van der Waals surface area contributed by atoms with Crippen molar-refractivity contribution in [3.05, 3.63) is 35.4 Å². The van der Waals surface area contributed by atoms with E-state index < -0.39 is 27.7 Å². The second kappa shape index (κ2) is 5.52. The van der Waals surface area contributed by atoms with Crippen molar-refractivity contribution in [2.45, 2.75) is 13.0 Å². The zero-order chi connectivity index (χ0) is 13.1. The molecule has 0 heterocycles. The van der Waals surface area contributed by atoms with E-state index in [9.17, 15) is 17.2 Å². The molecule has 1 rings (SSSR count). The maximum absolute atomic E-state index is 13.3. The molecule has 0 aromatic heterocycles. The number of nitrogens with one attached hydrogen (secondary N) is 1. The summed E-state index contributed by atoms with van der Waals surface area (Å²) in [6.07, 6.45) is 0. The van der Waals surface area contributed by atoms with Gasteiger partial charge in [0.05, 0.1) is 5.75 Å². The van der Waals surface area contributed by atoms with Gasteiger partial charge in [-0.05, 0) is 19.1 Å². The summed E-state index contributed by atoms with van der Waals surface area (Å²) in [6.45, 7) is 1.58. The first kappa shape index (κ1) is 14.0. The highest BCUT2D eigenvalue weighted by molar-refractivity contribution is 7.89. The molecule has 0 saturated carbocycles. The Hall–Kier alpha value is -1.05. The zero-order valence-corrected chi connectivity index (χ0v) is 10.1. The molecule has 1 aromatic rings. The average Bonchev–Trinajstić information content (AvgIpc) is 2.15. The fourth-order valence-electron chi connectivity index (χ4n) is 1.44. The minimum Gasteiger partial charge on any atom is -0.309 e. The van der Waals surface area contributed by atoms with Crippen molar-refractivity contribution < 1.29 is 17.2 Å². The van der Waals surface area contributed by atoms with Crippen molar-refractivity contribution in [1.29, 1.82) is 0 Å². The number of benzene rings is 1. The van der Waals surface area contributed by atoms with Gasteiger partial charge in [0.2, 0.25) is 10.0 Å². The van der Waals surface area contributed by atoms with Crippen LogP contribution in [-0.4, -0.2) is 20.7 Å². The second-order valence-corrected chi connectivity index (χ2v) is 5.41. The Balaban J connectivity index is 2.67. The third-order valence-electron chi connectivity index (χ3n) is 2.27. The molecule has 0 bridgehead atoms. The normalized spacial score (nSPS) is 13.6. The molecular formula is C10H14F2N2O2S. The average molecular weight is 264 g/mol. The molecule has 0 radical (unpaired) electrons. The van der Waals surface area contributed by atoms with Gasteiger partial charge in [0.25, 0.3) is 0 Å². The zero-order valence-electron chi connectivity index (χ0n) is 9.28. The molecular weight excluding hydrogens is 250 g/mol. The monoisotopic (exact) mass is 264 g/mol. The highest BCUT2D eigenvalue weighted by Gasteiger charge is 2.15. The summed E-state index contributed by atoms with van der Waals surface area (Å²) < 4.78 is 48.0. The molecule has 1 unspecified atom stereocenters. The summed E-state index contributed by atoms with van der Waals surface area (Å²) in [7, 11) is -3.57. The first-order valence-electron chi connectivity index (χ1n) is 4.99. The van der Waals surface area contributed by atoms with Crippen LogP contribution in [-0.2, 0) is 10.0 Å². The topological polar surface area (TPSA) is 72.2 Å². The van der Waals surface area contributed by atoms with Crippen molar-refractivity contribution in [1.82, 2.24) is 5.32 Å². The molecule has 3 N–H and O–H groups in total. The molecule has 7 heteroatoms. The number of hydrogen-bond donors (Lipinski definition) is 2. The summed E-state index contributed by atoms with van der Waals surface area (Å²) >= 11 is 0. The summed E-state index contributed by atoms with van der Waals surface area (Å²) in [5, 5.41) is 7.50. The molecule has 0 aliphatic heterocycles. The number of sulfonamides is 1. The maximum Gasteiger partial charge on any atom is 0.210 e. The van der Waals surface area contributed by atoms with Gasteiger partial charge in [-0.2, -0.15) is 0 Å². The van der Waals surface area contributed by atoms with Crippen LogP contribution in [0.25, 0.3) is 0 Å². The lowest BCUT2D eigenvalue weighted by Crippen LogP contribution is -2.29. The fraction of sp³-hybridized carbons (Fsp3) is 0.400. The van der Waals surface area contributed by atoms with Crippen LogP contribution >= 0.6 is 0 Å². The Labute approximate surface area is 98.9 Å². The predicted octanol–water partition coefficient (Wildman–Crippen LogP) is 0.904. The summed E-state index contributed by atoms with van der Waals surface area (Å²) in [5.41, 5.74) is -0.109. The van der Waals surface area contributed by atoms with E-state index in [1.807, 2.05) is 0 Å². The highest BCUT2D eigenvalue weighted by atomic mass is 32.2. The van der Waals surface area contributed by atoms with E-state index in [1.165, 1.54) is 6.07 Å². The first-order chi connectivity index (χ1) is 7.81. The van der Waals surface area contributed by atoms with Gasteiger partial charge in [-0.3, -0.25) is 0 Å². The van der Waals surface area contributed by atoms with Crippen LogP contribution < -0.4 is 10.5 Å². The predicted molar refractivity (Wildman–Crippen MR) is 60.7 cm³/mol. The summed E-state index contributed by atoms with van der Waals surface area (Å²) in [6, 6.07) is 2.94. The Morgan fingerprint density at radius 3 is 2.35 bits per heavy atom. The van der Waals surface area contributed by atoms with Crippen LogP contribution in [0.3, 0.4) is 0 Å². The molecule has 0 amide bonds. The number of primary sulfonamides is 1. The van der Waals surface area contributed by atoms with Gasteiger partial charge < -0.3 is 5.32 Å². The van der Waals surface area contributed by atoms with Gasteiger partial charge in [-0.1, -0.05) is 6.07 Å². The van der Waals surface area contributed by atoms with Crippen LogP contribution in [0.2, 0.25) is 0 Å². The molecule has 1 aromatic carbocycles. The third kappa shape index (κ3) is 4.37. The van der Waals surface area contributed by atoms with Crippen molar-refractivity contribution in [3.63, 3.8) is 0 Å². The van der Waals surface area contributed by atoms with Gasteiger partial charge in [0.15, 0.2) is 0 Å². The third-order valence-corrected chi connectivity index (χ3v) is 3.04. The minimum atomic E-state index is -3.57. The van der Waals surface area contributed by atoms with Crippen LogP contribution in [0, 0.1) is 11.6 Å². The molecule has 0 fully saturated rings. The van der Waals surface area contributed by atoms with Gasteiger partial charge in [0, 0.05) is 18.2 Å². The Morgan fingerprint density at radius 2 is 1.88 bits per heavy atom. The van der Waals surface area contributed by atoms with E-state index in [-0.39, 0.29) is 17.9 Å². The second-order valence-electron chi connectivity index (χ2n) is 3.68. The van der Waals surface area contributed by atoms with Gasteiger partial charge in [-0.25, -0.2) is 22.3 Å². The SMILES string of the molecule is CC(NCCS(N)(=O)=O)c1c(F)cccc1F. The number of nitrogens with two attached hydrogens (primary N) is 1. The molecule has 0 aliphatic rings. The summed E-state index contributed by atoms with van der Waals surface area (Å²) in [5.74, 6) is -1.62. The molecule has 17 heavy (non-hydrogen) atoms. The Morgan fingerprint density at radius 1 is 1.35 bits per heavy atom. The number of halogens is 2. The standard InChI is InChI=1S/C10H14F2N2O2S/c1-7(14-5-6-17(13,15)16)10-8(11)3-2-4-9(10)12/h2-4,7,14H,5-6H2,1H3,(H2,13,15,16). The first-order valence-corrected chi connectivity index (χ1v) is 6.70. The van der Waals surface area contributed by atoms with E-state index in [1.54, 1.807) is 6.92 Å². The van der Waals surface area contributed by atoms with Crippen molar-refractivity contribution in [2.24, 2.45) is 5.14 Å². The van der Waals surface area contributed by atoms with E-state index >= 15 is 0 Å². The van der Waals surface area contributed by atoms with E-state index in [0.29, 0.717) is 0 Å². The largest absolute Gasteiger partial charge is 0.309 e. The quantitative estimate of drug-likeness (QED) is 0.830. The smallest absolute Gasteiger partial charge is 0.210 e. The van der Waals surface area contributed by atoms with Crippen LogP contribution in [0.15, 0.2) is 18.2 Å². The molecule has 0 spiro atoms. The van der Waals surface area contributed by atoms with Gasteiger partial charge >= 0.3 is 0 Å². The molecule has 4 nitrogen and oxygen atoms in total. The Kier molecular flexibility index (Phi) is 4.55. The van der Waals surface area contributed by atoms with E-state index in [0.717, 1.165) is 12.1 Å². The van der Waals surface area contributed by atoms with Crippen molar-refractivity contribution in [3.8, 4) is 0 Å². The van der Waals surface area contributed by atoms with Crippen molar-refractivity contribution >= 4 is 10.0 Å². The number of hydrogen-bond acceptors (Lipinski definition) is 3. The number of rotatable bonds is 5. The van der Waals surface area contributed by atoms with Gasteiger partial charge in [0.1, 0.15) is 11.6 Å². The fourth-order valence-corrected chi connectivity index (χ4v) is 1.85. The molecule has 1 atom stereocenters. The lowest BCUT2D eigenvalue weighted by molar-refractivity contribution is 0.495. The van der Waals surface area contributed by atoms with E-state index in [4.69, 9.17) is 5.14 Å². The molecule has 0 aliphatic carbocycles. The minimum absolute atomic E-state index is 0.0355. The van der Waals surface area contributed by atoms with Crippen LogP contribution in [0.1, 0.15) is 18.5 Å². The lowest BCUT2D eigenvalue weighted by atomic mass is 10.1. The van der Waals surface area contributed by atoms with Gasteiger partial charge in [-0.15, -0.1) is 0 Å². The van der Waals surface area contributed by atoms with Crippen LogP contribution in [0.5, 0.6) is 0 Å². The maximum atomic E-state index is 13.3. The highest BCUT2D eigenvalue weighted by Crippen LogP contribution is 2.19. The molecule has 96 valence electrons.